The van der Waals surface area contributed by atoms with Gasteiger partial charge in [0.25, 0.3) is 0 Å². The number of aliphatic carboxylic acids is 1. The van der Waals surface area contributed by atoms with Gasteiger partial charge < -0.3 is 26.8 Å². The molecule has 1 amide bonds. The molecule has 1 aromatic rings. The molecule has 1 aromatic heterocycles. The van der Waals surface area contributed by atoms with Crippen molar-refractivity contribution in [1.29, 1.82) is 0 Å². The Morgan fingerprint density at radius 3 is 2.21 bits per heavy atom. The maximum Gasteiger partial charge on any atom is 0.327 e. The summed E-state index contributed by atoms with van der Waals surface area (Å²) < 4.78 is 0. The van der Waals surface area contributed by atoms with Crippen LogP contribution in [0.2, 0.25) is 0 Å². The normalized spacial score (nSPS) is 15.4. The first-order valence-electron chi connectivity index (χ1n) is 10.2. The van der Waals surface area contributed by atoms with Crippen LogP contribution in [0.5, 0.6) is 0 Å². The van der Waals surface area contributed by atoms with Gasteiger partial charge in [0, 0.05) is 18.8 Å². The molecule has 3 unspecified atom stereocenters. The molecule has 0 saturated carbocycles. The first-order valence-corrected chi connectivity index (χ1v) is 10.2. The van der Waals surface area contributed by atoms with Gasteiger partial charge in [-0.25, -0.2) is 9.97 Å². The van der Waals surface area contributed by atoms with Crippen LogP contribution >= 0.6 is 0 Å². The third-order valence-corrected chi connectivity index (χ3v) is 5.00. The van der Waals surface area contributed by atoms with Gasteiger partial charge in [0.15, 0.2) is 5.54 Å². The second-order valence-corrected chi connectivity index (χ2v) is 7.56. The van der Waals surface area contributed by atoms with Gasteiger partial charge in [-0.15, -0.1) is 0 Å². The smallest absolute Gasteiger partial charge is 0.327 e. The summed E-state index contributed by atoms with van der Waals surface area (Å²) in [6.07, 6.45) is 7.78. The molecule has 29 heavy (non-hydrogen) atoms. The Kier molecular flexibility index (Phi) is 10.7. The molecule has 0 bridgehead atoms. The Hall–Kier alpha value is -2.10. The summed E-state index contributed by atoms with van der Waals surface area (Å²) in [5.41, 5.74) is 9.31. The zero-order valence-electron chi connectivity index (χ0n) is 17.1. The zero-order chi connectivity index (χ0) is 21.9. The second kappa shape index (κ2) is 12.5. The van der Waals surface area contributed by atoms with E-state index in [1.165, 1.54) is 32.1 Å². The first-order chi connectivity index (χ1) is 13.7. The molecule has 0 aliphatic rings. The number of aliphatic hydroxyl groups is 2. The van der Waals surface area contributed by atoms with E-state index < -0.39 is 36.0 Å². The maximum atomic E-state index is 11.3. The quantitative estimate of drug-likeness (QED) is 0.263. The van der Waals surface area contributed by atoms with Crippen LogP contribution in [0.15, 0.2) is 12.4 Å². The minimum Gasteiger partial charge on any atom is -0.480 e. The van der Waals surface area contributed by atoms with Crippen molar-refractivity contribution in [2.24, 2.45) is 11.5 Å². The van der Waals surface area contributed by atoms with Crippen LogP contribution < -0.4 is 11.5 Å². The monoisotopic (exact) mass is 410 g/mol. The summed E-state index contributed by atoms with van der Waals surface area (Å²) in [6.45, 7) is 2.19. The van der Waals surface area contributed by atoms with Crippen molar-refractivity contribution in [3.63, 3.8) is 0 Å². The van der Waals surface area contributed by atoms with Crippen LogP contribution in [0.3, 0.4) is 0 Å². The van der Waals surface area contributed by atoms with Gasteiger partial charge in [0.2, 0.25) is 5.91 Å². The number of aliphatic hydroxyl groups excluding tert-OH is 2. The zero-order valence-corrected chi connectivity index (χ0v) is 17.1. The van der Waals surface area contributed by atoms with E-state index in [0.717, 1.165) is 18.4 Å². The van der Waals surface area contributed by atoms with Crippen molar-refractivity contribution in [3.8, 4) is 0 Å². The maximum absolute atomic E-state index is 11.3. The molecular formula is C20H34N4O5. The average molecular weight is 411 g/mol. The summed E-state index contributed by atoms with van der Waals surface area (Å²) in [5, 5.41) is 29.5. The number of carboxylic acid groups (broad SMARTS) is 1. The van der Waals surface area contributed by atoms with E-state index in [1.54, 1.807) is 12.4 Å². The summed E-state index contributed by atoms with van der Waals surface area (Å²) in [6, 6.07) is 0. The fourth-order valence-electron chi connectivity index (χ4n) is 3.12. The molecule has 0 fully saturated rings. The molecule has 3 atom stereocenters. The number of aromatic nitrogens is 2. The van der Waals surface area contributed by atoms with E-state index in [9.17, 15) is 24.9 Å². The summed E-state index contributed by atoms with van der Waals surface area (Å²) in [7, 11) is 0. The molecular weight excluding hydrogens is 376 g/mol. The van der Waals surface area contributed by atoms with Crippen molar-refractivity contribution in [2.75, 3.05) is 0 Å². The number of nitrogens with zero attached hydrogens (tertiary/aromatic N) is 2. The van der Waals surface area contributed by atoms with Gasteiger partial charge in [0.05, 0.1) is 12.5 Å². The predicted molar refractivity (Wildman–Crippen MR) is 108 cm³/mol. The van der Waals surface area contributed by atoms with Crippen molar-refractivity contribution in [1.82, 2.24) is 9.97 Å². The molecule has 0 spiro atoms. The number of carbonyl (C=O) groups excluding carboxylic acids is 1. The number of rotatable bonds is 15. The van der Waals surface area contributed by atoms with E-state index in [4.69, 9.17) is 11.5 Å². The molecule has 0 aliphatic carbocycles. The second-order valence-electron chi connectivity index (χ2n) is 7.56. The Bertz CT molecular complexity index is 640. The Morgan fingerprint density at radius 1 is 1.07 bits per heavy atom. The number of nitrogens with two attached hydrogens (primary N) is 2. The minimum absolute atomic E-state index is 0.0110. The highest BCUT2D eigenvalue weighted by atomic mass is 16.4. The average Bonchev–Trinajstić information content (AvgIpc) is 2.68. The molecule has 1 rings (SSSR count). The molecule has 9 heteroatoms. The number of aryl methyl sites for hydroxylation is 2. The van der Waals surface area contributed by atoms with Crippen molar-refractivity contribution >= 4 is 11.9 Å². The largest absolute Gasteiger partial charge is 0.480 e. The molecule has 0 radical (unpaired) electrons. The molecule has 0 aliphatic heterocycles. The molecule has 9 nitrogen and oxygen atoms in total. The Balaban J connectivity index is 2.49. The highest BCUT2D eigenvalue weighted by molar-refractivity contribution is 5.87. The fraction of sp³-hybridized carbons (Fsp3) is 0.700. The third-order valence-electron chi connectivity index (χ3n) is 5.00. The Morgan fingerprint density at radius 2 is 1.66 bits per heavy atom. The summed E-state index contributed by atoms with van der Waals surface area (Å²) >= 11 is 0. The number of amides is 1. The molecule has 1 heterocycles. The van der Waals surface area contributed by atoms with Gasteiger partial charge in [-0.2, -0.15) is 0 Å². The van der Waals surface area contributed by atoms with Gasteiger partial charge in [-0.05, 0) is 24.8 Å². The number of primary amides is 1. The lowest BCUT2D eigenvalue weighted by Gasteiger charge is -2.32. The van der Waals surface area contributed by atoms with Gasteiger partial charge in [0.1, 0.15) is 11.9 Å². The van der Waals surface area contributed by atoms with Crippen molar-refractivity contribution < 1.29 is 24.9 Å². The standard InChI is InChI=1S/C20H34N4O5/c1-2-3-4-5-6-7-8-14-12-23-17(24-13-14)10-9-15(25)18(27)20(22,19(28)29)11-16(21)26/h12-13,15,18,25,27H,2-11,22H2,1H3,(H2,21,26)(H,28,29). The number of carboxylic acids is 1. The Labute approximate surface area is 171 Å². The highest BCUT2D eigenvalue weighted by Gasteiger charge is 2.46. The number of unbranched alkanes of at least 4 members (excludes halogenated alkanes) is 5. The lowest BCUT2D eigenvalue weighted by atomic mass is 9.85. The summed E-state index contributed by atoms with van der Waals surface area (Å²) in [4.78, 5) is 30.9. The van der Waals surface area contributed by atoms with E-state index in [2.05, 4.69) is 16.9 Å². The minimum atomic E-state index is -2.35. The van der Waals surface area contributed by atoms with Crippen molar-refractivity contribution in [3.05, 3.63) is 23.8 Å². The van der Waals surface area contributed by atoms with Crippen LogP contribution in [-0.2, 0) is 22.4 Å². The van der Waals surface area contributed by atoms with Gasteiger partial charge in [-0.1, -0.05) is 39.0 Å². The molecule has 164 valence electrons. The molecule has 0 saturated heterocycles. The van der Waals surface area contributed by atoms with Crippen molar-refractivity contribution in [2.45, 2.75) is 88.9 Å². The van der Waals surface area contributed by atoms with E-state index >= 15 is 0 Å². The lowest BCUT2D eigenvalue weighted by molar-refractivity contribution is -0.154. The van der Waals surface area contributed by atoms with Crippen LogP contribution in [0, 0.1) is 0 Å². The van der Waals surface area contributed by atoms with Crippen LogP contribution in [-0.4, -0.2) is 54.9 Å². The van der Waals surface area contributed by atoms with Crippen LogP contribution in [0.1, 0.15) is 69.7 Å². The van der Waals surface area contributed by atoms with E-state index in [0.29, 0.717) is 5.82 Å². The first kappa shape index (κ1) is 24.9. The molecule has 0 aromatic carbocycles. The fourth-order valence-corrected chi connectivity index (χ4v) is 3.12. The van der Waals surface area contributed by atoms with Gasteiger partial charge >= 0.3 is 5.97 Å². The summed E-state index contributed by atoms with van der Waals surface area (Å²) in [5.74, 6) is -2.13. The predicted octanol–water partition coefficient (Wildman–Crippen LogP) is 0.692. The van der Waals surface area contributed by atoms with E-state index in [-0.39, 0.29) is 12.8 Å². The SMILES string of the molecule is CCCCCCCCc1cnc(CCC(O)C(O)C(N)(CC(N)=O)C(=O)O)nc1. The van der Waals surface area contributed by atoms with Crippen LogP contribution in [0.4, 0.5) is 0 Å². The highest BCUT2D eigenvalue weighted by Crippen LogP contribution is 2.19. The van der Waals surface area contributed by atoms with E-state index in [1.807, 2.05) is 0 Å². The third kappa shape index (κ3) is 8.43. The molecule has 7 N–H and O–H groups in total. The number of hydrogen-bond acceptors (Lipinski definition) is 7. The number of hydrogen-bond donors (Lipinski definition) is 5. The number of carbonyl (C=O) groups is 2. The topological polar surface area (TPSA) is 173 Å². The van der Waals surface area contributed by atoms with Gasteiger partial charge in [-0.3, -0.25) is 9.59 Å². The lowest BCUT2D eigenvalue weighted by Crippen LogP contribution is -2.62. The van der Waals surface area contributed by atoms with Crippen LogP contribution in [0.25, 0.3) is 0 Å².